The predicted molar refractivity (Wildman–Crippen MR) is 64.2 cm³/mol. The van der Waals surface area contributed by atoms with E-state index in [1.165, 1.54) is 7.11 Å². The lowest BCUT2D eigenvalue weighted by atomic mass is 10.3. The second-order valence-electron chi connectivity index (χ2n) is 3.68. The van der Waals surface area contributed by atoms with Gasteiger partial charge < -0.3 is 9.64 Å². The molecule has 17 heavy (non-hydrogen) atoms. The summed E-state index contributed by atoms with van der Waals surface area (Å²) in [5.41, 5.74) is 0. The van der Waals surface area contributed by atoms with E-state index in [2.05, 4.69) is 9.73 Å². The zero-order valence-electron chi connectivity index (χ0n) is 9.67. The maximum absolute atomic E-state index is 11.1. The third kappa shape index (κ3) is 2.93. The quantitative estimate of drug-likeness (QED) is 0.706. The van der Waals surface area contributed by atoms with Crippen molar-refractivity contribution in [1.82, 2.24) is 4.90 Å². The molecule has 0 aromatic heterocycles. The van der Waals surface area contributed by atoms with Gasteiger partial charge in [-0.2, -0.15) is 0 Å². The predicted octanol–water partition coefficient (Wildman–Crippen LogP) is 0.394. The van der Waals surface area contributed by atoms with Crippen LogP contribution < -0.4 is 10.6 Å². The SMILES string of the molecule is COC(=O)CCN1C=CN=c2ccccc2=C1. The Morgan fingerprint density at radius 2 is 2.24 bits per heavy atom. The van der Waals surface area contributed by atoms with Gasteiger partial charge in [-0.05, 0) is 6.07 Å². The van der Waals surface area contributed by atoms with Crippen molar-refractivity contribution in [3.63, 3.8) is 0 Å². The zero-order valence-corrected chi connectivity index (χ0v) is 9.67. The summed E-state index contributed by atoms with van der Waals surface area (Å²) in [5.74, 6) is -0.207. The Hall–Kier alpha value is -2.10. The molecule has 1 aliphatic heterocycles. The van der Waals surface area contributed by atoms with E-state index in [-0.39, 0.29) is 5.97 Å². The van der Waals surface area contributed by atoms with Gasteiger partial charge in [0.25, 0.3) is 0 Å². The maximum atomic E-state index is 11.1. The van der Waals surface area contributed by atoms with Crippen molar-refractivity contribution in [2.45, 2.75) is 6.42 Å². The number of nitrogens with zero attached hydrogens (tertiary/aromatic N) is 2. The molecule has 4 nitrogen and oxygen atoms in total. The lowest BCUT2D eigenvalue weighted by molar-refractivity contribution is -0.140. The number of carbonyl (C=O) groups excluding carboxylic acids is 1. The van der Waals surface area contributed by atoms with Gasteiger partial charge in [0.1, 0.15) is 0 Å². The van der Waals surface area contributed by atoms with Gasteiger partial charge in [-0.15, -0.1) is 0 Å². The number of benzene rings is 1. The molecule has 0 radical (unpaired) electrons. The van der Waals surface area contributed by atoms with Crippen LogP contribution in [0.15, 0.2) is 41.7 Å². The molecule has 2 rings (SSSR count). The molecule has 0 amide bonds. The first-order chi connectivity index (χ1) is 8.29. The molecule has 0 atom stereocenters. The van der Waals surface area contributed by atoms with E-state index in [0.29, 0.717) is 13.0 Å². The van der Waals surface area contributed by atoms with E-state index in [9.17, 15) is 4.79 Å². The number of fused-ring (bicyclic) bond motifs is 1. The number of rotatable bonds is 3. The average Bonchev–Trinajstić information content (AvgIpc) is 2.57. The summed E-state index contributed by atoms with van der Waals surface area (Å²) in [4.78, 5) is 17.3. The van der Waals surface area contributed by atoms with Gasteiger partial charge in [0.05, 0.1) is 18.9 Å². The highest BCUT2D eigenvalue weighted by Gasteiger charge is 2.03. The maximum Gasteiger partial charge on any atom is 0.307 e. The molecule has 1 aromatic carbocycles. The van der Waals surface area contributed by atoms with Crippen LogP contribution in [0.25, 0.3) is 6.20 Å². The van der Waals surface area contributed by atoms with Crippen LogP contribution in [0.2, 0.25) is 0 Å². The Balaban J connectivity index is 2.17. The molecular weight excluding hydrogens is 216 g/mol. The molecular formula is C13H14N2O2. The summed E-state index contributed by atoms with van der Waals surface area (Å²) >= 11 is 0. The summed E-state index contributed by atoms with van der Waals surface area (Å²) in [6.45, 7) is 0.590. The standard InChI is InChI=1S/C13H14N2O2/c1-17-13(16)6-8-15-9-7-14-12-5-3-2-4-11(12)10-15/h2-5,7,9-10H,6,8H2,1H3. The minimum atomic E-state index is -0.207. The number of hydrogen-bond donors (Lipinski definition) is 0. The number of hydrogen-bond acceptors (Lipinski definition) is 4. The van der Waals surface area contributed by atoms with E-state index in [1.54, 1.807) is 6.20 Å². The fourth-order valence-electron chi connectivity index (χ4n) is 1.60. The number of ether oxygens (including phenoxy) is 1. The van der Waals surface area contributed by atoms with Gasteiger partial charge in [-0.25, -0.2) is 0 Å². The Labute approximate surface area is 99.5 Å². The summed E-state index contributed by atoms with van der Waals surface area (Å²) in [5, 5.41) is 1.98. The Morgan fingerprint density at radius 1 is 1.41 bits per heavy atom. The molecule has 0 spiro atoms. The van der Waals surface area contributed by atoms with Crippen molar-refractivity contribution < 1.29 is 9.53 Å². The van der Waals surface area contributed by atoms with E-state index in [0.717, 1.165) is 10.6 Å². The molecule has 0 bridgehead atoms. The lowest BCUT2D eigenvalue weighted by Crippen LogP contribution is -2.26. The number of esters is 1. The van der Waals surface area contributed by atoms with Crippen LogP contribution in [0.4, 0.5) is 0 Å². The van der Waals surface area contributed by atoms with E-state index in [4.69, 9.17) is 0 Å². The van der Waals surface area contributed by atoms with Crippen molar-refractivity contribution in [2.75, 3.05) is 13.7 Å². The zero-order chi connectivity index (χ0) is 12.1. The summed E-state index contributed by atoms with van der Waals surface area (Å²) in [7, 11) is 1.40. The number of carbonyl (C=O) groups is 1. The summed E-state index contributed by atoms with van der Waals surface area (Å²) in [6, 6.07) is 7.87. The van der Waals surface area contributed by atoms with E-state index in [1.807, 2.05) is 41.6 Å². The van der Waals surface area contributed by atoms with Crippen LogP contribution >= 0.6 is 0 Å². The first-order valence-corrected chi connectivity index (χ1v) is 5.43. The molecule has 1 heterocycles. The van der Waals surface area contributed by atoms with Crippen LogP contribution in [0.3, 0.4) is 0 Å². The van der Waals surface area contributed by atoms with Gasteiger partial charge in [-0.3, -0.25) is 9.79 Å². The minimum absolute atomic E-state index is 0.207. The molecule has 0 N–H and O–H groups in total. The second-order valence-corrected chi connectivity index (χ2v) is 3.68. The highest BCUT2D eigenvalue weighted by molar-refractivity contribution is 5.69. The van der Waals surface area contributed by atoms with Gasteiger partial charge >= 0.3 is 5.97 Å². The summed E-state index contributed by atoms with van der Waals surface area (Å²) in [6.07, 6.45) is 5.92. The highest BCUT2D eigenvalue weighted by Crippen LogP contribution is 1.97. The molecule has 0 aliphatic carbocycles. The molecule has 4 heteroatoms. The van der Waals surface area contributed by atoms with Crippen molar-refractivity contribution >= 4 is 12.2 Å². The van der Waals surface area contributed by atoms with E-state index >= 15 is 0 Å². The normalized spacial score (nSPS) is 13.1. The summed E-state index contributed by atoms with van der Waals surface area (Å²) < 4.78 is 4.61. The number of para-hydroxylation sites is 1. The smallest absolute Gasteiger partial charge is 0.307 e. The third-order valence-corrected chi connectivity index (χ3v) is 2.52. The van der Waals surface area contributed by atoms with Gasteiger partial charge in [0, 0.05) is 30.4 Å². The van der Waals surface area contributed by atoms with Crippen LogP contribution in [0.5, 0.6) is 0 Å². The van der Waals surface area contributed by atoms with Crippen LogP contribution in [-0.2, 0) is 9.53 Å². The first-order valence-electron chi connectivity index (χ1n) is 5.43. The Kier molecular flexibility index (Phi) is 3.55. The van der Waals surface area contributed by atoms with Crippen molar-refractivity contribution in [3.05, 3.63) is 47.2 Å². The van der Waals surface area contributed by atoms with Crippen molar-refractivity contribution in [1.29, 1.82) is 0 Å². The number of methoxy groups -OCH3 is 1. The highest BCUT2D eigenvalue weighted by atomic mass is 16.5. The molecule has 88 valence electrons. The van der Waals surface area contributed by atoms with Gasteiger partial charge in [0.2, 0.25) is 0 Å². The van der Waals surface area contributed by atoms with Crippen LogP contribution in [0, 0.1) is 0 Å². The van der Waals surface area contributed by atoms with Crippen LogP contribution in [-0.4, -0.2) is 24.5 Å². The average molecular weight is 230 g/mol. The first kappa shape index (κ1) is 11.4. The minimum Gasteiger partial charge on any atom is -0.469 e. The fourth-order valence-corrected chi connectivity index (χ4v) is 1.60. The largest absolute Gasteiger partial charge is 0.469 e. The lowest BCUT2D eigenvalue weighted by Gasteiger charge is -2.13. The van der Waals surface area contributed by atoms with Gasteiger partial charge in [0.15, 0.2) is 0 Å². The third-order valence-electron chi connectivity index (χ3n) is 2.52. The molecule has 0 saturated heterocycles. The molecule has 0 saturated carbocycles. The Bertz CT molecular complexity index is 549. The fraction of sp³-hybridized carbons (Fsp3) is 0.231. The van der Waals surface area contributed by atoms with Crippen LogP contribution in [0.1, 0.15) is 6.42 Å². The molecule has 1 aliphatic rings. The van der Waals surface area contributed by atoms with Crippen molar-refractivity contribution in [3.8, 4) is 0 Å². The second kappa shape index (κ2) is 5.30. The molecule has 0 fully saturated rings. The Morgan fingerprint density at radius 3 is 3.06 bits per heavy atom. The molecule has 0 unspecified atom stereocenters. The topological polar surface area (TPSA) is 41.9 Å². The van der Waals surface area contributed by atoms with Gasteiger partial charge in [-0.1, -0.05) is 18.2 Å². The van der Waals surface area contributed by atoms with Crippen molar-refractivity contribution in [2.24, 2.45) is 4.99 Å². The van der Waals surface area contributed by atoms with E-state index < -0.39 is 0 Å². The monoisotopic (exact) mass is 230 g/mol. The molecule has 1 aromatic rings.